The number of rotatable bonds is 6. The molecular weight excluding hydrogens is 486 g/mol. The summed E-state index contributed by atoms with van der Waals surface area (Å²) in [6.07, 6.45) is 6.01. The van der Waals surface area contributed by atoms with Crippen molar-refractivity contribution in [1.29, 1.82) is 0 Å². The molecule has 10 heteroatoms. The lowest BCUT2D eigenvalue weighted by molar-refractivity contribution is -0.131. The van der Waals surface area contributed by atoms with Crippen LogP contribution in [-0.4, -0.2) is 58.6 Å². The van der Waals surface area contributed by atoms with Crippen LogP contribution in [0.5, 0.6) is 0 Å². The van der Waals surface area contributed by atoms with Gasteiger partial charge in [0.15, 0.2) is 0 Å². The van der Waals surface area contributed by atoms with Crippen molar-refractivity contribution in [2.75, 3.05) is 30.4 Å². The molecule has 0 unspecified atom stereocenters. The second-order valence-corrected chi connectivity index (χ2v) is 10.6. The predicted octanol–water partition coefficient (Wildman–Crippen LogP) is 4.30. The van der Waals surface area contributed by atoms with Crippen LogP contribution in [0.3, 0.4) is 0 Å². The lowest BCUT2D eigenvalue weighted by Gasteiger charge is -2.36. The third kappa shape index (κ3) is 6.30. The highest BCUT2D eigenvalue weighted by Crippen LogP contribution is 2.28. The molecule has 0 saturated carbocycles. The quantitative estimate of drug-likeness (QED) is 0.510. The molecule has 1 N–H and O–H groups in total. The number of ether oxygens (including phenoxy) is 1. The van der Waals surface area contributed by atoms with E-state index in [1.54, 1.807) is 69.1 Å². The zero-order valence-electron chi connectivity index (χ0n) is 22.6. The maximum atomic E-state index is 13.4. The van der Waals surface area contributed by atoms with E-state index in [0.717, 1.165) is 24.8 Å². The van der Waals surface area contributed by atoms with Gasteiger partial charge in [0.05, 0.1) is 10.9 Å². The number of pyridine rings is 1. The Bertz CT molecular complexity index is 1370. The zero-order valence-corrected chi connectivity index (χ0v) is 22.6. The van der Waals surface area contributed by atoms with Crippen molar-refractivity contribution >= 4 is 34.6 Å². The number of amides is 2. The van der Waals surface area contributed by atoms with E-state index in [4.69, 9.17) is 9.15 Å². The van der Waals surface area contributed by atoms with Crippen molar-refractivity contribution < 1.29 is 18.7 Å². The molecule has 1 aromatic carbocycles. The first kappa shape index (κ1) is 27.1. The number of aryl methyl sites for hydroxylation is 1. The smallest absolute Gasteiger partial charge is 0.412 e. The standard InChI is InChI=1S/C28H35N5O5/c1-18-20(31-27(36)38-28(2,3)4)9-10-21-23(18)25(35)37-26(30-21)33-16-7-6-8-22(33)24(34)32(5)17-13-19-11-14-29-15-12-19/h9-12,14-15,22H,6-8,13,16-17H2,1-5H3,(H,31,36)/t22-/m0/s1. The van der Waals surface area contributed by atoms with Crippen molar-refractivity contribution in [2.45, 2.75) is 65.0 Å². The molecule has 1 atom stereocenters. The highest BCUT2D eigenvalue weighted by Gasteiger charge is 2.33. The van der Waals surface area contributed by atoms with Crippen LogP contribution in [-0.2, 0) is 16.0 Å². The molecule has 1 fully saturated rings. The highest BCUT2D eigenvalue weighted by molar-refractivity contribution is 5.93. The predicted molar refractivity (Wildman–Crippen MR) is 145 cm³/mol. The molecule has 38 heavy (non-hydrogen) atoms. The van der Waals surface area contributed by atoms with Crippen LogP contribution in [0.25, 0.3) is 10.9 Å². The van der Waals surface area contributed by atoms with Gasteiger partial charge in [-0.25, -0.2) is 9.59 Å². The summed E-state index contributed by atoms with van der Waals surface area (Å²) in [5.74, 6) is -0.0311. The molecule has 10 nitrogen and oxygen atoms in total. The van der Waals surface area contributed by atoms with Crippen molar-refractivity contribution in [3.05, 3.63) is 58.2 Å². The summed E-state index contributed by atoms with van der Waals surface area (Å²) in [5.41, 5.74) is 1.29. The number of anilines is 2. The number of fused-ring (bicyclic) bond motifs is 1. The molecule has 202 valence electrons. The average Bonchev–Trinajstić information content (AvgIpc) is 2.87. The van der Waals surface area contributed by atoms with Crippen molar-refractivity contribution in [3.8, 4) is 0 Å². The van der Waals surface area contributed by atoms with Gasteiger partial charge in [-0.15, -0.1) is 0 Å². The Morgan fingerprint density at radius 1 is 1.18 bits per heavy atom. The largest absolute Gasteiger partial charge is 0.444 e. The number of hydrogen-bond acceptors (Lipinski definition) is 8. The fourth-order valence-corrected chi connectivity index (χ4v) is 4.61. The van der Waals surface area contributed by atoms with Gasteiger partial charge >= 0.3 is 17.7 Å². The molecule has 3 aromatic rings. The number of nitrogens with one attached hydrogen (secondary N) is 1. The van der Waals surface area contributed by atoms with Gasteiger partial charge in [-0.05, 0) is 88.8 Å². The normalized spacial score (nSPS) is 15.8. The maximum absolute atomic E-state index is 13.4. The first-order chi connectivity index (χ1) is 18.0. The Balaban J connectivity index is 1.55. The number of aromatic nitrogens is 2. The number of carbonyl (C=O) groups excluding carboxylic acids is 2. The highest BCUT2D eigenvalue weighted by atomic mass is 16.6. The van der Waals surface area contributed by atoms with E-state index in [9.17, 15) is 14.4 Å². The second-order valence-electron chi connectivity index (χ2n) is 10.6. The second kappa shape index (κ2) is 11.2. The Hall–Kier alpha value is -3.95. The van der Waals surface area contributed by atoms with E-state index in [-0.39, 0.29) is 17.3 Å². The Morgan fingerprint density at radius 2 is 1.92 bits per heavy atom. The molecule has 2 amide bonds. The van der Waals surface area contributed by atoms with Gasteiger partial charge in [-0.3, -0.25) is 15.1 Å². The van der Waals surface area contributed by atoms with Crippen molar-refractivity contribution in [1.82, 2.24) is 14.9 Å². The minimum absolute atomic E-state index is 0.0311. The molecule has 0 radical (unpaired) electrons. The van der Waals surface area contributed by atoms with Crippen LogP contribution >= 0.6 is 0 Å². The van der Waals surface area contributed by atoms with E-state index in [1.807, 2.05) is 12.1 Å². The minimum atomic E-state index is -0.653. The Labute approximate surface area is 222 Å². The van der Waals surface area contributed by atoms with E-state index < -0.39 is 23.4 Å². The third-order valence-corrected chi connectivity index (χ3v) is 6.58. The first-order valence-corrected chi connectivity index (χ1v) is 12.9. The zero-order chi connectivity index (χ0) is 27.4. The summed E-state index contributed by atoms with van der Waals surface area (Å²) in [7, 11) is 1.79. The Morgan fingerprint density at radius 3 is 2.63 bits per heavy atom. The summed E-state index contributed by atoms with van der Waals surface area (Å²) in [6, 6.07) is 6.90. The van der Waals surface area contributed by atoms with E-state index in [1.165, 1.54) is 0 Å². The van der Waals surface area contributed by atoms with Crippen molar-refractivity contribution in [3.63, 3.8) is 0 Å². The van der Waals surface area contributed by atoms with Gasteiger partial charge in [0.1, 0.15) is 11.6 Å². The fraction of sp³-hybridized carbons (Fsp3) is 0.464. The van der Waals surface area contributed by atoms with Gasteiger partial charge < -0.3 is 19.0 Å². The molecule has 4 rings (SSSR count). The molecule has 0 bridgehead atoms. The fourth-order valence-electron chi connectivity index (χ4n) is 4.61. The van der Waals surface area contributed by atoms with Gasteiger partial charge in [0.2, 0.25) is 5.91 Å². The van der Waals surface area contributed by atoms with Gasteiger partial charge in [0.25, 0.3) is 0 Å². The monoisotopic (exact) mass is 521 g/mol. The molecule has 2 aromatic heterocycles. The third-order valence-electron chi connectivity index (χ3n) is 6.58. The van der Waals surface area contributed by atoms with Crippen LogP contribution < -0.4 is 15.8 Å². The lowest BCUT2D eigenvalue weighted by Crippen LogP contribution is -2.51. The molecule has 1 aliphatic heterocycles. The van der Waals surface area contributed by atoms with Crippen LogP contribution in [0, 0.1) is 6.92 Å². The van der Waals surface area contributed by atoms with Crippen LogP contribution in [0.1, 0.15) is 51.2 Å². The summed E-state index contributed by atoms with van der Waals surface area (Å²) in [6.45, 7) is 8.17. The number of piperidine rings is 1. The SMILES string of the molecule is Cc1c(NC(=O)OC(C)(C)C)ccc2nc(N3CCCC[C@H]3C(=O)N(C)CCc3ccncc3)oc(=O)c12. The lowest BCUT2D eigenvalue weighted by atomic mass is 10.0. The molecule has 1 saturated heterocycles. The van der Waals surface area contributed by atoms with Gasteiger partial charge in [0, 0.05) is 38.2 Å². The summed E-state index contributed by atoms with van der Waals surface area (Å²) < 4.78 is 11.0. The minimum Gasteiger partial charge on any atom is -0.444 e. The molecule has 1 aliphatic rings. The number of benzene rings is 1. The molecular formula is C28H35N5O5. The number of likely N-dealkylation sites (N-methyl/N-ethyl adjacent to an activating group) is 1. The van der Waals surface area contributed by atoms with Gasteiger partial charge in [-0.1, -0.05) is 0 Å². The topological polar surface area (TPSA) is 118 Å². The summed E-state index contributed by atoms with van der Waals surface area (Å²) in [5, 5.41) is 2.96. The maximum Gasteiger partial charge on any atom is 0.412 e. The van der Waals surface area contributed by atoms with E-state index in [2.05, 4.69) is 15.3 Å². The average molecular weight is 522 g/mol. The first-order valence-electron chi connectivity index (χ1n) is 12.9. The molecule has 0 spiro atoms. The van der Waals surface area contributed by atoms with Crippen LogP contribution in [0.4, 0.5) is 16.5 Å². The summed E-state index contributed by atoms with van der Waals surface area (Å²) in [4.78, 5) is 51.0. The molecule has 0 aliphatic carbocycles. The number of nitrogens with zero attached hydrogens (tertiary/aromatic N) is 4. The van der Waals surface area contributed by atoms with E-state index >= 15 is 0 Å². The van der Waals surface area contributed by atoms with E-state index in [0.29, 0.717) is 36.3 Å². The number of carbonyl (C=O) groups is 2. The van der Waals surface area contributed by atoms with Crippen LogP contribution in [0.15, 0.2) is 45.9 Å². The number of hydrogen-bond donors (Lipinski definition) is 1. The molecule has 3 heterocycles. The van der Waals surface area contributed by atoms with Crippen LogP contribution in [0.2, 0.25) is 0 Å². The Kier molecular flexibility index (Phi) is 7.99. The van der Waals surface area contributed by atoms with Crippen molar-refractivity contribution in [2.24, 2.45) is 0 Å². The summed E-state index contributed by atoms with van der Waals surface area (Å²) >= 11 is 0. The van der Waals surface area contributed by atoms with Gasteiger partial charge in [-0.2, -0.15) is 4.98 Å².